The van der Waals surface area contributed by atoms with Crippen LogP contribution in [0.4, 0.5) is 13.2 Å². The van der Waals surface area contributed by atoms with Crippen LogP contribution in [0, 0.1) is 6.92 Å². The number of carbonyl (C=O) groups is 1. The number of alkyl halides is 3. The van der Waals surface area contributed by atoms with Gasteiger partial charge in [0, 0.05) is 32.0 Å². The minimum absolute atomic E-state index is 0.0425. The first-order valence-corrected chi connectivity index (χ1v) is 11.0. The minimum atomic E-state index is -4.66. The van der Waals surface area contributed by atoms with Crippen LogP contribution in [0.5, 0.6) is 0 Å². The Kier molecular flexibility index (Phi) is 6.03. The topological polar surface area (TPSA) is 51.0 Å². The molecule has 1 aliphatic carbocycles. The largest absolute Gasteiger partial charge is 0.431 e. The van der Waals surface area contributed by atoms with Gasteiger partial charge in [-0.2, -0.15) is 13.2 Å². The predicted molar refractivity (Wildman–Crippen MR) is 120 cm³/mol. The van der Waals surface area contributed by atoms with Gasteiger partial charge >= 0.3 is 6.18 Å². The van der Waals surface area contributed by atoms with Gasteiger partial charge in [-0.15, -0.1) is 0 Å². The molecule has 2 aromatic heterocycles. The van der Waals surface area contributed by atoms with Crippen LogP contribution >= 0.6 is 0 Å². The van der Waals surface area contributed by atoms with E-state index in [1.54, 1.807) is 49.8 Å². The van der Waals surface area contributed by atoms with Gasteiger partial charge in [-0.25, -0.2) is 9.97 Å². The molecule has 1 aliphatic rings. The van der Waals surface area contributed by atoms with Crippen LogP contribution in [0.1, 0.15) is 65.5 Å². The Bertz CT molecular complexity index is 1150. The lowest BCUT2D eigenvalue weighted by molar-refractivity contribution is -0.143. The van der Waals surface area contributed by atoms with Crippen molar-refractivity contribution in [1.82, 2.24) is 19.4 Å². The molecule has 0 saturated heterocycles. The van der Waals surface area contributed by atoms with E-state index in [4.69, 9.17) is 0 Å². The molecule has 0 spiro atoms. The average molecular weight is 457 g/mol. The van der Waals surface area contributed by atoms with Gasteiger partial charge in [-0.3, -0.25) is 4.79 Å². The molecule has 0 N–H and O–H groups in total. The number of hydrogen-bond acceptors (Lipinski definition) is 3. The van der Waals surface area contributed by atoms with E-state index >= 15 is 0 Å². The lowest BCUT2D eigenvalue weighted by atomic mass is 10.1. The molecule has 1 amide bonds. The van der Waals surface area contributed by atoms with E-state index in [1.807, 2.05) is 13.8 Å². The van der Waals surface area contributed by atoms with Gasteiger partial charge in [0.2, 0.25) is 0 Å². The van der Waals surface area contributed by atoms with Crippen molar-refractivity contribution in [3.05, 3.63) is 70.8 Å². The summed E-state index contributed by atoms with van der Waals surface area (Å²) < 4.78 is 44.1. The number of benzene rings is 1. The molecular weight excluding hydrogens is 429 g/mol. The molecule has 1 aromatic carbocycles. The summed E-state index contributed by atoms with van der Waals surface area (Å²) in [6, 6.07) is 8.63. The fourth-order valence-electron chi connectivity index (χ4n) is 4.03. The van der Waals surface area contributed by atoms with Gasteiger partial charge in [-0.05, 0) is 56.2 Å². The Morgan fingerprint density at radius 2 is 1.76 bits per heavy atom. The summed E-state index contributed by atoms with van der Waals surface area (Å²) in [5.74, 6) is 0.0563. The maximum absolute atomic E-state index is 14.3. The molecule has 174 valence electrons. The molecule has 2 heterocycles. The zero-order chi connectivity index (χ0) is 23.9. The zero-order valence-electron chi connectivity index (χ0n) is 19.1. The van der Waals surface area contributed by atoms with Crippen LogP contribution in [0.2, 0.25) is 0 Å². The summed E-state index contributed by atoms with van der Waals surface area (Å²) in [7, 11) is 1.59. The maximum atomic E-state index is 14.3. The van der Waals surface area contributed by atoms with Crippen LogP contribution < -0.4 is 0 Å². The van der Waals surface area contributed by atoms with E-state index in [2.05, 4.69) is 9.97 Å². The molecule has 0 unspecified atom stereocenters. The highest BCUT2D eigenvalue weighted by atomic mass is 19.4. The second kappa shape index (κ2) is 8.65. The number of amides is 1. The van der Waals surface area contributed by atoms with Crippen molar-refractivity contribution in [2.45, 2.75) is 58.3 Å². The first-order valence-electron chi connectivity index (χ1n) is 11.0. The van der Waals surface area contributed by atoms with E-state index in [9.17, 15) is 18.0 Å². The van der Waals surface area contributed by atoms with E-state index in [0.29, 0.717) is 11.5 Å². The third-order valence-electron chi connectivity index (χ3n) is 6.20. The predicted octanol–water partition coefficient (Wildman–Crippen LogP) is 5.68. The first kappa shape index (κ1) is 23.0. The SMILES string of the molecule is Cc1c(-c2ncc(C3CC3)cn2)c(C(=O)N(C)C(C)C)n(Cc2ccccc2)c1C(F)(F)F. The fourth-order valence-corrected chi connectivity index (χ4v) is 4.03. The number of halogens is 3. The number of nitrogens with zero attached hydrogens (tertiary/aromatic N) is 4. The summed E-state index contributed by atoms with van der Waals surface area (Å²) in [5.41, 5.74) is 0.839. The third-order valence-corrected chi connectivity index (χ3v) is 6.20. The Labute approximate surface area is 191 Å². The van der Waals surface area contributed by atoms with Crippen LogP contribution in [0.3, 0.4) is 0 Å². The van der Waals surface area contributed by atoms with Crippen LogP contribution in [0.25, 0.3) is 11.4 Å². The Morgan fingerprint density at radius 1 is 1.15 bits per heavy atom. The maximum Gasteiger partial charge on any atom is 0.431 e. The van der Waals surface area contributed by atoms with Crippen molar-refractivity contribution in [3.63, 3.8) is 0 Å². The van der Waals surface area contributed by atoms with Crippen LogP contribution in [-0.4, -0.2) is 38.4 Å². The molecule has 1 fully saturated rings. The average Bonchev–Trinajstić information content (AvgIpc) is 3.57. The quantitative estimate of drug-likeness (QED) is 0.480. The van der Waals surface area contributed by atoms with Crippen molar-refractivity contribution in [2.24, 2.45) is 0 Å². The van der Waals surface area contributed by atoms with Crippen molar-refractivity contribution >= 4 is 5.91 Å². The van der Waals surface area contributed by atoms with Gasteiger partial charge in [0.15, 0.2) is 5.82 Å². The van der Waals surface area contributed by atoms with Gasteiger partial charge in [0.1, 0.15) is 11.4 Å². The molecule has 3 aromatic rings. The molecular formula is C25H27F3N4O. The highest BCUT2D eigenvalue weighted by Gasteiger charge is 2.42. The lowest BCUT2D eigenvalue weighted by Gasteiger charge is -2.24. The summed E-state index contributed by atoms with van der Waals surface area (Å²) >= 11 is 0. The molecule has 0 radical (unpaired) electrons. The Balaban J connectivity index is 1.96. The smallest absolute Gasteiger partial charge is 0.338 e. The molecule has 33 heavy (non-hydrogen) atoms. The van der Waals surface area contributed by atoms with Crippen LogP contribution in [0.15, 0.2) is 42.7 Å². The van der Waals surface area contributed by atoms with E-state index in [-0.39, 0.29) is 35.2 Å². The van der Waals surface area contributed by atoms with Crippen molar-refractivity contribution in [3.8, 4) is 11.4 Å². The monoisotopic (exact) mass is 456 g/mol. The minimum Gasteiger partial charge on any atom is -0.338 e. The zero-order valence-corrected chi connectivity index (χ0v) is 19.1. The van der Waals surface area contributed by atoms with E-state index in [1.165, 1.54) is 11.8 Å². The van der Waals surface area contributed by atoms with E-state index < -0.39 is 17.8 Å². The van der Waals surface area contributed by atoms with Crippen LogP contribution in [-0.2, 0) is 12.7 Å². The molecule has 0 atom stereocenters. The Morgan fingerprint density at radius 3 is 2.27 bits per heavy atom. The molecule has 8 heteroatoms. The number of rotatable bonds is 6. The van der Waals surface area contributed by atoms with Crippen molar-refractivity contribution in [1.29, 1.82) is 0 Å². The first-order chi connectivity index (χ1) is 15.6. The van der Waals surface area contributed by atoms with Crippen molar-refractivity contribution < 1.29 is 18.0 Å². The van der Waals surface area contributed by atoms with Gasteiger partial charge in [-0.1, -0.05) is 30.3 Å². The molecule has 0 bridgehead atoms. The van der Waals surface area contributed by atoms with Gasteiger partial charge in [0.25, 0.3) is 5.91 Å². The molecule has 5 nitrogen and oxygen atoms in total. The Hall–Kier alpha value is -3.16. The summed E-state index contributed by atoms with van der Waals surface area (Å²) in [6.45, 7) is 4.94. The normalized spacial score (nSPS) is 14.1. The summed E-state index contributed by atoms with van der Waals surface area (Å²) in [6.07, 6.45) is 0.812. The standard InChI is InChI=1S/C25H27F3N4O/c1-15(2)31(4)24(33)21-20(23-29-12-19(13-30-23)18-10-11-18)16(3)22(25(26,27)28)32(21)14-17-8-6-5-7-9-17/h5-9,12-13,15,18H,10-11,14H2,1-4H3. The summed E-state index contributed by atoms with van der Waals surface area (Å²) in [4.78, 5) is 23.8. The number of carbonyl (C=O) groups excluding carboxylic acids is 1. The number of aromatic nitrogens is 3. The van der Waals surface area contributed by atoms with Gasteiger partial charge in [0.05, 0.1) is 5.56 Å². The highest BCUT2D eigenvalue weighted by molar-refractivity contribution is 6.00. The van der Waals surface area contributed by atoms with E-state index in [0.717, 1.165) is 23.0 Å². The summed E-state index contributed by atoms with van der Waals surface area (Å²) in [5, 5.41) is 0. The third kappa shape index (κ3) is 4.51. The number of hydrogen-bond donors (Lipinski definition) is 0. The van der Waals surface area contributed by atoms with Crippen molar-refractivity contribution in [2.75, 3.05) is 7.05 Å². The highest BCUT2D eigenvalue weighted by Crippen LogP contribution is 2.42. The fraction of sp³-hybridized carbons (Fsp3) is 0.400. The second-order valence-electron chi connectivity index (χ2n) is 8.89. The molecule has 1 saturated carbocycles. The molecule has 4 rings (SSSR count). The second-order valence-corrected chi connectivity index (χ2v) is 8.89. The van der Waals surface area contributed by atoms with Gasteiger partial charge < -0.3 is 9.47 Å². The lowest BCUT2D eigenvalue weighted by Crippen LogP contribution is -2.35. The molecule has 0 aliphatic heterocycles.